The number of carbonyl (C=O) groups is 1. The molecule has 1 N–H and O–H groups in total. The lowest BCUT2D eigenvalue weighted by Gasteiger charge is -2.13. The van der Waals surface area contributed by atoms with Crippen molar-refractivity contribution in [1.29, 1.82) is 0 Å². The molecule has 6 heteroatoms. The van der Waals surface area contributed by atoms with Crippen molar-refractivity contribution in [2.24, 2.45) is 0 Å². The summed E-state index contributed by atoms with van der Waals surface area (Å²) in [4.78, 5) is 16.7. The number of fused-ring (bicyclic) bond motifs is 1. The molecule has 0 spiro atoms. The van der Waals surface area contributed by atoms with E-state index in [1.807, 2.05) is 54.6 Å². The van der Waals surface area contributed by atoms with Gasteiger partial charge >= 0.3 is 0 Å². The smallest absolute Gasteiger partial charge is 0.220 e. The Morgan fingerprint density at radius 3 is 2.73 bits per heavy atom. The van der Waals surface area contributed by atoms with E-state index in [0.29, 0.717) is 29.6 Å². The number of hydrogen-bond donors (Lipinski definition) is 1. The number of halogens is 1. The summed E-state index contributed by atoms with van der Waals surface area (Å²) in [5.41, 5.74) is 1.74. The van der Waals surface area contributed by atoms with E-state index in [-0.39, 0.29) is 12.3 Å². The van der Waals surface area contributed by atoms with Gasteiger partial charge in [-0.15, -0.1) is 0 Å². The molecule has 0 saturated carbocycles. The summed E-state index contributed by atoms with van der Waals surface area (Å²) >= 11 is 6.20. The SMILES string of the molecule is COc1ccc2ccccc2c1CNC(=O)CCc1ncc(-c2ccccc2Cl)o1. The summed E-state index contributed by atoms with van der Waals surface area (Å²) in [6.45, 7) is 0.389. The van der Waals surface area contributed by atoms with Gasteiger partial charge in [-0.05, 0) is 29.0 Å². The van der Waals surface area contributed by atoms with Gasteiger partial charge in [0.1, 0.15) is 5.75 Å². The van der Waals surface area contributed by atoms with Crippen LogP contribution < -0.4 is 10.1 Å². The average Bonchev–Trinajstić information content (AvgIpc) is 3.25. The molecular weight excluding hydrogens is 400 g/mol. The zero-order valence-electron chi connectivity index (χ0n) is 16.5. The third kappa shape index (κ3) is 4.31. The predicted molar refractivity (Wildman–Crippen MR) is 118 cm³/mol. The first-order chi connectivity index (χ1) is 14.7. The fourth-order valence-electron chi connectivity index (χ4n) is 3.40. The van der Waals surface area contributed by atoms with E-state index >= 15 is 0 Å². The number of oxazole rings is 1. The van der Waals surface area contributed by atoms with Crippen LogP contribution in [0.15, 0.2) is 71.3 Å². The monoisotopic (exact) mass is 420 g/mol. The molecule has 4 aromatic rings. The fourth-order valence-corrected chi connectivity index (χ4v) is 3.63. The van der Waals surface area contributed by atoms with Crippen molar-refractivity contribution >= 4 is 28.3 Å². The number of hydrogen-bond acceptors (Lipinski definition) is 4. The number of amides is 1. The molecule has 1 heterocycles. The molecule has 152 valence electrons. The minimum absolute atomic E-state index is 0.0810. The van der Waals surface area contributed by atoms with Crippen LogP contribution in [0.1, 0.15) is 17.9 Å². The normalized spacial score (nSPS) is 10.9. The van der Waals surface area contributed by atoms with Crippen molar-refractivity contribution in [3.63, 3.8) is 0 Å². The number of methoxy groups -OCH3 is 1. The summed E-state index contributed by atoms with van der Waals surface area (Å²) in [6, 6.07) is 19.4. The first-order valence-corrected chi connectivity index (χ1v) is 10.0. The van der Waals surface area contributed by atoms with Crippen molar-refractivity contribution in [3.05, 3.63) is 83.3 Å². The molecule has 0 fully saturated rings. The fraction of sp³-hybridized carbons (Fsp3) is 0.167. The lowest BCUT2D eigenvalue weighted by atomic mass is 10.0. The van der Waals surface area contributed by atoms with Crippen LogP contribution in [-0.4, -0.2) is 18.0 Å². The summed E-state index contributed by atoms with van der Waals surface area (Å²) in [6.07, 6.45) is 2.31. The number of nitrogens with zero attached hydrogens (tertiary/aromatic N) is 1. The number of aryl methyl sites for hydroxylation is 1. The molecule has 1 aromatic heterocycles. The Morgan fingerprint density at radius 2 is 1.90 bits per heavy atom. The second kappa shape index (κ2) is 9.01. The van der Waals surface area contributed by atoms with Crippen LogP contribution in [0, 0.1) is 0 Å². The molecule has 0 radical (unpaired) electrons. The summed E-state index contributed by atoms with van der Waals surface area (Å²) in [5, 5.41) is 5.74. The molecule has 30 heavy (non-hydrogen) atoms. The highest BCUT2D eigenvalue weighted by molar-refractivity contribution is 6.33. The highest BCUT2D eigenvalue weighted by Crippen LogP contribution is 2.29. The Labute approximate surface area is 179 Å². The molecule has 3 aromatic carbocycles. The van der Waals surface area contributed by atoms with Crippen molar-refractivity contribution in [2.45, 2.75) is 19.4 Å². The average molecular weight is 421 g/mol. The van der Waals surface area contributed by atoms with Crippen LogP contribution in [-0.2, 0) is 17.8 Å². The lowest BCUT2D eigenvalue weighted by molar-refractivity contribution is -0.121. The topological polar surface area (TPSA) is 64.4 Å². The van der Waals surface area contributed by atoms with Gasteiger partial charge in [0.05, 0.1) is 18.3 Å². The van der Waals surface area contributed by atoms with Gasteiger partial charge in [-0.2, -0.15) is 0 Å². The van der Waals surface area contributed by atoms with Crippen molar-refractivity contribution in [1.82, 2.24) is 10.3 Å². The number of aromatic nitrogens is 1. The van der Waals surface area contributed by atoms with Crippen molar-refractivity contribution in [3.8, 4) is 17.1 Å². The first kappa shape index (κ1) is 20.0. The molecule has 5 nitrogen and oxygen atoms in total. The second-order valence-corrected chi connectivity index (χ2v) is 7.25. The van der Waals surface area contributed by atoms with E-state index in [9.17, 15) is 4.79 Å². The van der Waals surface area contributed by atoms with E-state index in [2.05, 4.69) is 10.3 Å². The number of nitrogens with one attached hydrogen (secondary N) is 1. The van der Waals surface area contributed by atoms with Crippen LogP contribution in [0.4, 0.5) is 0 Å². The van der Waals surface area contributed by atoms with Gasteiger partial charge in [0.25, 0.3) is 0 Å². The minimum atomic E-state index is -0.0810. The Morgan fingerprint density at radius 1 is 1.10 bits per heavy atom. The number of benzene rings is 3. The number of rotatable bonds is 7. The molecule has 1 amide bonds. The van der Waals surface area contributed by atoms with Gasteiger partial charge in [0.2, 0.25) is 5.91 Å². The van der Waals surface area contributed by atoms with Crippen LogP contribution in [0.3, 0.4) is 0 Å². The Kier molecular flexibility index (Phi) is 6.00. The Bertz CT molecular complexity index is 1190. The van der Waals surface area contributed by atoms with E-state index < -0.39 is 0 Å². The standard InChI is InChI=1S/C24H21ClN2O3/c1-29-21-11-10-16-6-2-3-7-17(16)19(21)14-26-23(28)12-13-24-27-15-22(30-24)18-8-4-5-9-20(18)25/h2-11,15H,12-14H2,1H3,(H,26,28). The molecule has 0 saturated heterocycles. The van der Waals surface area contributed by atoms with Gasteiger partial charge in [-0.25, -0.2) is 4.98 Å². The molecule has 4 rings (SSSR count). The van der Waals surface area contributed by atoms with Crippen LogP contribution in [0.5, 0.6) is 5.75 Å². The quantitative estimate of drug-likeness (QED) is 0.434. The zero-order valence-corrected chi connectivity index (χ0v) is 17.3. The van der Waals surface area contributed by atoms with Gasteiger partial charge < -0.3 is 14.5 Å². The lowest BCUT2D eigenvalue weighted by Crippen LogP contribution is -2.23. The highest BCUT2D eigenvalue weighted by atomic mass is 35.5. The highest BCUT2D eigenvalue weighted by Gasteiger charge is 2.13. The van der Waals surface area contributed by atoms with Gasteiger partial charge in [-0.1, -0.05) is 54.1 Å². The summed E-state index contributed by atoms with van der Waals surface area (Å²) in [7, 11) is 1.63. The zero-order chi connectivity index (χ0) is 20.9. The van der Waals surface area contributed by atoms with E-state index in [0.717, 1.165) is 27.6 Å². The third-order valence-corrected chi connectivity index (χ3v) is 5.27. The Hall–Kier alpha value is -3.31. The van der Waals surface area contributed by atoms with Gasteiger partial charge in [-0.3, -0.25) is 4.79 Å². The Balaban J connectivity index is 1.39. The summed E-state index contributed by atoms with van der Waals surface area (Å²) in [5.74, 6) is 1.77. The van der Waals surface area contributed by atoms with E-state index in [1.165, 1.54) is 0 Å². The molecule has 0 aliphatic carbocycles. The molecule has 0 atom stereocenters. The van der Waals surface area contributed by atoms with Crippen molar-refractivity contribution < 1.29 is 13.9 Å². The third-order valence-electron chi connectivity index (χ3n) is 4.94. The predicted octanol–water partition coefficient (Wildman–Crippen LogP) is 5.41. The van der Waals surface area contributed by atoms with Crippen LogP contribution in [0.2, 0.25) is 5.02 Å². The van der Waals surface area contributed by atoms with E-state index in [4.69, 9.17) is 20.8 Å². The van der Waals surface area contributed by atoms with E-state index in [1.54, 1.807) is 19.4 Å². The summed E-state index contributed by atoms with van der Waals surface area (Å²) < 4.78 is 11.2. The van der Waals surface area contributed by atoms with Gasteiger partial charge in [0, 0.05) is 30.5 Å². The number of carbonyl (C=O) groups excluding carboxylic acids is 1. The van der Waals surface area contributed by atoms with Crippen LogP contribution in [0.25, 0.3) is 22.1 Å². The maximum Gasteiger partial charge on any atom is 0.220 e. The largest absolute Gasteiger partial charge is 0.496 e. The minimum Gasteiger partial charge on any atom is -0.496 e. The van der Waals surface area contributed by atoms with Crippen LogP contribution >= 0.6 is 11.6 Å². The molecule has 0 aliphatic heterocycles. The van der Waals surface area contributed by atoms with Gasteiger partial charge in [0.15, 0.2) is 11.7 Å². The molecular formula is C24H21ClN2O3. The maximum absolute atomic E-state index is 12.4. The molecule has 0 unspecified atom stereocenters. The first-order valence-electron chi connectivity index (χ1n) is 9.66. The molecule has 0 bridgehead atoms. The maximum atomic E-state index is 12.4. The molecule has 0 aliphatic rings. The van der Waals surface area contributed by atoms with Crippen molar-refractivity contribution in [2.75, 3.05) is 7.11 Å². The number of ether oxygens (including phenoxy) is 1. The second-order valence-electron chi connectivity index (χ2n) is 6.84.